The normalized spacial score (nSPS) is 17.4. The van der Waals surface area contributed by atoms with Gasteiger partial charge in [0.25, 0.3) is 0 Å². The summed E-state index contributed by atoms with van der Waals surface area (Å²) in [7, 11) is -1.88. The number of esters is 1. The van der Waals surface area contributed by atoms with Crippen molar-refractivity contribution in [3.05, 3.63) is 91.0 Å². The molecule has 0 N–H and O–H groups in total. The van der Waals surface area contributed by atoms with Crippen LogP contribution >= 0.6 is 7.26 Å². The Balaban J connectivity index is 0.00000400. The largest absolute Gasteiger partial charge is 1.00 e. The predicted molar refractivity (Wildman–Crippen MR) is 154 cm³/mol. The van der Waals surface area contributed by atoms with Gasteiger partial charge in [-0.3, -0.25) is 4.79 Å². The summed E-state index contributed by atoms with van der Waals surface area (Å²) in [5.74, 6) is -0.154. The van der Waals surface area contributed by atoms with Crippen molar-refractivity contribution in [2.24, 2.45) is 0 Å². The molecule has 0 bridgehead atoms. The molecule has 0 amide bonds. The number of ether oxygens (including phenoxy) is 1. The number of hydroxylamine groups is 2. The molecule has 0 spiro atoms. The number of benzene rings is 3. The van der Waals surface area contributed by atoms with E-state index in [4.69, 9.17) is 4.74 Å². The van der Waals surface area contributed by atoms with Gasteiger partial charge in [0.1, 0.15) is 29.3 Å². The van der Waals surface area contributed by atoms with Gasteiger partial charge in [-0.15, -0.1) is 10.3 Å². The van der Waals surface area contributed by atoms with Crippen molar-refractivity contribution in [2.75, 3.05) is 6.16 Å². The standard InChI is InChI=1S/C32H40NO3P.BrH/c1-31(2)24-26(25-32(3,4)33(31)35)36-30(34)22-14-15-23-37(27-16-8-5-9-17-27,28-18-10-6-11-19-28)29-20-12-7-13-21-29;/h5-13,16-21,26H,14-15,22-25H2,1-4H3;1H/q+1;/p-1. The van der Waals surface area contributed by atoms with Gasteiger partial charge >= 0.3 is 5.97 Å². The Bertz CT molecular complexity index is 1040. The second-order valence-corrected chi connectivity index (χ2v) is 15.1. The van der Waals surface area contributed by atoms with Crippen LogP contribution in [0.15, 0.2) is 91.0 Å². The van der Waals surface area contributed by atoms with Crippen LogP contribution in [0.1, 0.15) is 59.8 Å². The van der Waals surface area contributed by atoms with Gasteiger partial charge in [0.15, 0.2) is 0 Å². The second kappa shape index (κ2) is 12.9. The van der Waals surface area contributed by atoms with Crippen molar-refractivity contribution in [1.82, 2.24) is 5.06 Å². The van der Waals surface area contributed by atoms with Crippen LogP contribution in [-0.4, -0.2) is 34.4 Å². The lowest BCUT2D eigenvalue weighted by Crippen LogP contribution is -3.00. The maximum absolute atomic E-state index is 12.8. The van der Waals surface area contributed by atoms with Gasteiger partial charge in [0, 0.05) is 30.3 Å². The van der Waals surface area contributed by atoms with Crippen LogP contribution in [0.25, 0.3) is 0 Å². The number of hydrogen-bond acceptors (Lipinski definition) is 3. The average Bonchev–Trinajstić information content (AvgIpc) is 2.89. The van der Waals surface area contributed by atoms with E-state index in [-0.39, 0.29) is 29.1 Å². The summed E-state index contributed by atoms with van der Waals surface area (Å²) in [4.78, 5) is 12.8. The smallest absolute Gasteiger partial charge is 0.306 e. The molecule has 1 saturated heterocycles. The van der Waals surface area contributed by atoms with Crippen LogP contribution in [0.2, 0.25) is 0 Å². The maximum atomic E-state index is 12.8. The molecule has 1 radical (unpaired) electrons. The lowest BCUT2D eigenvalue weighted by Gasteiger charge is -2.49. The van der Waals surface area contributed by atoms with Gasteiger partial charge in [0.2, 0.25) is 0 Å². The minimum Gasteiger partial charge on any atom is -1.00 e. The molecule has 4 nitrogen and oxygen atoms in total. The quantitative estimate of drug-likeness (QED) is 0.217. The third-order valence-corrected chi connectivity index (χ3v) is 12.1. The molecule has 0 aliphatic carbocycles. The molecule has 38 heavy (non-hydrogen) atoms. The van der Waals surface area contributed by atoms with E-state index >= 15 is 0 Å². The summed E-state index contributed by atoms with van der Waals surface area (Å²) in [5, 5.41) is 17.9. The molecule has 6 heteroatoms. The van der Waals surface area contributed by atoms with Crippen molar-refractivity contribution in [2.45, 2.75) is 77.0 Å². The van der Waals surface area contributed by atoms with Crippen molar-refractivity contribution in [3.63, 3.8) is 0 Å². The van der Waals surface area contributed by atoms with Gasteiger partial charge in [-0.1, -0.05) is 54.6 Å². The van der Waals surface area contributed by atoms with Gasteiger partial charge < -0.3 is 21.7 Å². The van der Waals surface area contributed by atoms with Gasteiger partial charge in [-0.05, 0) is 76.9 Å². The SMILES string of the molecule is CC1(C)CC(OC(=O)CCCC[P+](c2ccccc2)(c2ccccc2)c2ccccc2)CC(C)(C)N1[O].[Br-]. The van der Waals surface area contributed by atoms with E-state index < -0.39 is 18.3 Å². The van der Waals surface area contributed by atoms with Crippen molar-refractivity contribution < 1.29 is 31.7 Å². The van der Waals surface area contributed by atoms with Gasteiger partial charge in [-0.25, -0.2) is 0 Å². The summed E-state index contributed by atoms with van der Waals surface area (Å²) < 4.78 is 5.90. The first-order valence-corrected chi connectivity index (χ1v) is 15.3. The average molecular weight is 598 g/mol. The second-order valence-electron chi connectivity index (χ2n) is 11.4. The van der Waals surface area contributed by atoms with Crippen LogP contribution < -0.4 is 32.9 Å². The van der Waals surface area contributed by atoms with Crippen molar-refractivity contribution >= 4 is 29.1 Å². The highest BCUT2D eigenvalue weighted by atomic mass is 79.9. The fraction of sp³-hybridized carbons (Fsp3) is 0.406. The first kappa shape index (κ1) is 30.5. The molecular weight excluding hydrogens is 557 g/mol. The molecule has 1 fully saturated rings. The molecule has 1 aliphatic rings. The Morgan fingerprint density at radius 2 is 1.16 bits per heavy atom. The van der Waals surface area contributed by atoms with Crippen LogP contribution in [0, 0.1) is 0 Å². The van der Waals surface area contributed by atoms with E-state index in [2.05, 4.69) is 91.0 Å². The number of carbonyl (C=O) groups excluding carboxylic acids is 1. The summed E-state index contributed by atoms with van der Waals surface area (Å²) in [6, 6.07) is 32.5. The zero-order chi connectivity index (χ0) is 26.5. The maximum Gasteiger partial charge on any atom is 0.306 e. The Morgan fingerprint density at radius 3 is 1.55 bits per heavy atom. The minimum atomic E-state index is -1.88. The first-order chi connectivity index (χ1) is 17.6. The molecule has 3 aromatic carbocycles. The molecule has 3 aromatic rings. The Kier molecular flexibility index (Phi) is 10.3. The number of carbonyl (C=O) groups is 1. The third kappa shape index (κ3) is 6.74. The van der Waals surface area contributed by atoms with Crippen LogP contribution in [0.4, 0.5) is 0 Å². The lowest BCUT2D eigenvalue weighted by molar-refractivity contribution is -0.299. The zero-order valence-corrected chi connectivity index (χ0v) is 25.5. The topological polar surface area (TPSA) is 49.4 Å². The Hall–Kier alpha value is -2.04. The van der Waals surface area contributed by atoms with Crippen LogP contribution in [0.5, 0.6) is 0 Å². The van der Waals surface area contributed by atoms with E-state index in [1.165, 1.54) is 21.0 Å². The molecule has 203 valence electrons. The van der Waals surface area contributed by atoms with Crippen molar-refractivity contribution in [3.8, 4) is 0 Å². The zero-order valence-electron chi connectivity index (χ0n) is 23.0. The number of hydrogen-bond donors (Lipinski definition) is 0. The highest BCUT2D eigenvalue weighted by Gasteiger charge is 2.47. The van der Waals surface area contributed by atoms with E-state index in [0.29, 0.717) is 19.3 Å². The van der Waals surface area contributed by atoms with E-state index in [9.17, 15) is 10.0 Å². The third-order valence-electron chi connectivity index (χ3n) is 7.57. The van der Waals surface area contributed by atoms with Crippen LogP contribution in [0.3, 0.4) is 0 Å². The predicted octanol–water partition coefficient (Wildman–Crippen LogP) is 3.07. The van der Waals surface area contributed by atoms with E-state index in [0.717, 1.165) is 19.0 Å². The number of unbranched alkanes of at least 4 members (excludes halogenated alkanes) is 1. The fourth-order valence-electron chi connectivity index (χ4n) is 6.00. The summed E-state index contributed by atoms with van der Waals surface area (Å²) >= 11 is 0. The molecule has 0 aromatic heterocycles. The number of halogens is 1. The van der Waals surface area contributed by atoms with Crippen molar-refractivity contribution in [1.29, 1.82) is 0 Å². The van der Waals surface area contributed by atoms with E-state index in [1.54, 1.807) is 0 Å². The van der Waals surface area contributed by atoms with Crippen LogP contribution in [-0.2, 0) is 14.7 Å². The highest BCUT2D eigenvalue weighted by molar-refractivity contribution is 7.95. The molecule has 1 aliphatic heterocycles. The van der Waals surface area contributed by atoms with Gasteiger partial charge in [-0.2, -0.15) is 0 Å². The highest BCUT2D eigenvalue weighted by Crippen LogP contribution is 2.56. The van der Waals surface area contributed by atoms with E-state index in [1.807, 2.05) is 27.7 Å². The lowest BCUT2D eigenvalue weighted by atomic mass is 9.80. The fourth-order valence-corrected chi connectivity index (χ4v) is 10.4. The molecule has 0 unspecified atom stereocenters. The Morgan fingerprint density at radius 1 is 0.763 bits per heavy atom. The summed E-state index contributed by atoms with van der Waals surface area (Å²) in [6.07, 6.45) is 4.01. The number of nitrogens with zero attached hydrogens (tertiary/aromatic N) is 1. The summed E-state index contributed by atoms with van der Waals surface area (Å²) in [6.45, 7) is 7.73. The number of piperidine rings is 1. The first-order valence-electron chi connectivity index (χ1n) is 13.4. The monoisotopic (exact) mass is 596 g/mol. The van der Waals surface area contributed by atoms with Gasteiger partial charge in [0.05, 0.1) is 6.16 Å². The summed E-state index contributed by atoms with van der Waals surface area (Å²) in [5.41, 5.74) is -1.09. The molecule has 0 saturated carbocycles. The molecule has 0 atom stereocenters. The Labute approximate surface area is 239 Å². The number of rotatable bonds is 9. The minimum absolute atomic E-state index is 0. The molecule has 1 heterocycles. The molecular formula is C32H40BrNO3P. The molecule has 4 rings (SSSR count).